The molecule has 0 aliphatic carbocycles. The third-order valence-corrected chi connectivity index (χ3v) is 3.65. The molecule has 0 heterocycles. The number of nitrogens with one attached hydrogen (secondary N) is 2. The minimum atomic E-state index is 0.730. The maximum atomic E-state index is 8.00. The molecule has 2 N–H and O–H groups in total. The highest BCUT2D eigenvalue weighted by Gasteiger charge is 1.98. The Balaban J connectivity index is 0.00000111. The molecule has 0 fully saturated rings. The van der Waals surface area contributed by atoms with Gasteiger partial charge in [0.2, 0.25) is 0 Å². The topological polar surface area (TPSA) is 41.1 Å². The normalized spacial score (nSPS) is 8.57. The van der Waals surface area contributed by atoms with Crippen LogP contribution in [-0.2, 0) is 4.79 Å². The number of benzene rings is 3. The van der Waals surface area contributed by atoms with Gasteiger partial charge >= 0.3 is 0 Å². The maximum absolute atomic E-state index is 8.00. The Morgan fingerprint density at radius 3 is 0.929 bits per heavy atom. The number of carbonyl (C=O) groups is 1. The van der Waals surface area contributed by atoms with Gasteiger partial charge in [-0.15, -0.1) is 13.2 Å². The van der Waals surface area contributed by atoms with E-state index in [1.807, 2.05) is 93.4 Å². The van der Waals surface area contributed by atoms with Crippen molar-refractivity contribution >= 4 is 52.7 Å². The van der Waals surface area contributed by atoms with E-state index < -0.39 is 0 Å². The van der Waals surface area contributed by atoms with E-state index in [0.717, 1.165) is 32.8 Å². The van der Waals surface area contributed by atoms with Crippen molar-refractivity contribution in [3.8, 4) is 0 Å². The highest BCUT2D eigenvalue weighted by Crippen LogP contribution is 2.23. The van der Waals surface area contributed by atoms with Gasteiger partial charge in [0.05, 0.1) is 0 Å². The predicted molar refractivity (Wildman–Crippen MR) is 126 cm³/mol. The lowest BCUT2D eigenvalue weighted by molar-refractivity contribution is -0.0979. The summed E-state index contributed by atoms with van der Waals surface area (Å²) in [7, 11) is 0. The van der Waals surface area contributed by atoms with Gasteiger partial charge in [-0.2, -0.15) is 0 Å². The van der Waals surface area contributed by atoms with Crippen LogP contribution in [-0.4, -0.2) is 6.79 Å². The fourth-order valence-corrected chi connectivity index (χ4v) is 2.29. The van der Waals surface area contributed by atoms with Crippen molar-refractivity contribution in [1.82, 2.24) is 0 Å². The minimum absolute atomic E-state index is 0.730. The van der Waals surface area contributed by atoms with Gasteiger partial charge in [0.15, 0.2) is 0 Å². The van der Waals surface area contributed by atoms with Gasteiger partial charge < -0.3 is 15.4 Å². The van der Waals surface area contributed by atoms with Crippen molar-refractivity contribution < 1.29 is 4.79 Å². The second kappa shape index (κ2) is 15.3. The molecular weight excluding hydrogens is 391 g/mol. The van der Waals surface area contributed by atoms with E-state index in [1.54, 1.807) is 0 Å². The van der Waals surface area contributed by atoms with Crippen molar-refractivity contribution in [2.75, 3.05) is 10.6 Å². The lowest BCUT2D eigenvalue weighted by Crippen LogP contribution is -1.92. The Labute approximate surface area is 178 Å². The molecule has 0 aromatic heterocycles. The zero-order valence-electron chi connectivity index (χ0n) is 16.2. The number of anilines is 4. The predicted octanol–water partition coefficient (Wildman–Crippen LogP) is 8.12. The molecule has 0 saturated heterocycles. The molecule has 0 aliphatic heterocycles. The summed E-state index contributed by atoms with van der Waals surface area (Å²) in [6.07, 6.45) is 0. The van der Waals surface area contributed by atoms with Crippen molar-refractivity contribution in [2.45, 2.75) is 13.8 Å². The van der Waals surface area contributed by atoms with Crippen molar-refractivity contribution in [3.05, 3.63) is 96.0 Å². The summed E-state index contributed by atoms with van der Waals surface area (Å²) in [4.78, 5) is 8.00. The molecular formula is C23H26Cl2N2O. The molecule has 0 spiro atoms. The zero-order valence-corrected chi connectivity index (χ0v) is 17.7. The first-order chi connectivity index (χ1) is 13.7. The molecule has 3 rings (SSSR count). The molecule has 3 nitrogen and oxygen atoms in total. The summed E-state index contributed by atoms with van der Waals surface area (Å²) in [6.45, 7) is 12.0. The summed E-state index contributed by atoms with van der Waals surface area (Å²) in [5.41, 5.74) is 4.04. The van der Waals surface area contributed by atoms with Crippen LogP contribution in [0.1, 0.15) is 13.8 Å². The van der Waals surface area contributed by atoms with E-state index in [1.165, 1.54) is 0 Å². The molecule has 3 aromatic carbocycles. The molecule has 0 aliphatic rings. The lowest BCUT2D eigenvalue weighted by Gasteiger charge is -2.09. The number of hydrogen-bond donors (Lipinski definition) is 2. The monoisotopic (exact) mass is 416 g/mol. The van der Waals surface area contributed by atoms with Gasteiger partial charge in [-0.1, -0.05) is 37.0 Å². The first-order valence-corrected chi connectivity index (χ1v) is 9.39. The van der Waals surface area contributed by atoms with Crippen LogP contribution in [0.4, 0.5) is 22.7 Å². The summed E-state index contributed by atoms with van der Waals surface area (Å²) in [6, 6.07) is 23.3. The highest BCUT2D eigenvalue weighted by molar-refractivity contribution is 6.30. The van der Waals surface area contributed by atoms with Crippen molar-refractivity contribution in [2.24, 2.45) is 0 Å². The van der Waals surface area contributed by atoms with Crippen LogP contribution >= 0.6 is 23.2 Å². The molecule has 0 amide bonds. The zero-order chi connectivity index (χ0) is 21.4. The van der Waals surface area contributed by atoms with Crippen molar-refractivity contribution in [3.63, 3.8) is 0 Å². The molecule has 0 unspecified atom stereocenters. The number of hydrogen-bond acceptors (Lipinski definition) is 3. The Morgan fingerprint density at radius 1 is 0.536 bits per heavy atom. The van der Waals surface area contributed by atoms with Crippen LogP contribution in [0.25, 0.3) is 0 Å². The lowest BCUT2D eigenvalue weighted by atomic mass is 10.2. The maximum Gasteiger partial charge on any atom is 0.106 e. The first-order valence-electron chi connectivity index (χ1n) is 8.63. The smallest absolute Gasteiger partial charge is 0.106 e. The van der Waals surface area contributed by atoms with Crippen LogP contribution in [0, 0.1) is 0 Å². The van der Waals surface area contributed by atoms with Gasteiger partial charge in [-0.05, 0) is 72.8 Å². The average molecular weight is 417 g/mol. The quantitative estimate of drug-likeness (QED) is 0.421. The molecule has 0 saturated carbocycles. The Morgan fingerprint density at radius 2 is 0.714 bits per heavy atom. The summed E-state index contributed by atoms with van der Waals surface area (Å²) in [5, 5.41) is 8.11. The van der Waals surface area contributed by atoms with Gasteiger partial charge in [-0.25, -0.2) is 0 Å². The van der Waals surface area contributed by atoms with Gasteiger partial charge in [0, 0.05) is 32.8 Å². The van der Waals surface area contributed by atoms with Gasteiger partial charge in [-0.3, -0.25) is 0 Å². The average Bonchev–Trinajstić information content (AvgIpc) is 2.77. The van der Waals surface area contributed by atoms with E-state index in [0.29, 0.717) is 0 Å². The molecule has 148 valence electrons. The molecule has 3 aromatic rings. The Kier molecular flexibility index (Phi) is 13.8. The van der Waals surface area contributed by atoms with E-state index in [4.69, 9.17) is 28.0 Å². The molecule has 0 bridgehead atoms. The van der Waals surface area contributed by atoms with Crippen LogP contribution < -0.4 is 10.6 Å². The van der Waals surface area contributed by atoms with Crippen molar-refractivity contribution in [1.29, 1.82) is 0 Å². The third kappa shape index (κ3) is 9.26. The standard InChI is InChI=1S/C18H14Cl2N2.C2H6.C2H4.CH2O/c19-13-1-5-15(6-2-13)21-17-9-11-18(12-10-17)22-16-7-3-14(20)4-8-16;3*1-2/h1-12,21-22H;1-2H3;1-2H2;1H2. The van der Waals surface area contributed by atoms with Crippen LogP contribution in [0.2, 0.25) is 10.0 Å². The van der Waals surface area contributed by atoms with Crippen LogP contribution in [0.5, 0.6) is 0 Å². The third-order valence-electron chi connectivity index (χ3n) is 3.15. The molecule has 0 radical (unpaired) electrons. The fraction of sp³-hybridized carbons (Fsp3) is 0.0870. The second-order valence-corrected chi connectivity index (χ2v) is 5.71. The largest absolute Gasteiger partial charge is 0.356 e. The molecule has 0 atom stereocenters. The van der Waals surface area contributed by atoms with Crippen LogP contribution in [0.15, 0.2) is 86.0 Å². The summed E-state index contributed by atoms with van der Waals surface area (Å²) < 4.78 is 0. The van der Waals surface area contributed by atoms with E-state index in [9.17, 15) is 0 Å². The highest BCUT2D eigenvalue weighted by atomic mass is 35.5. The van der Waals surface area contributed by atoms with Gasteiger partial charge in [0.1, 0.15) is 6.79 Å². The molecule has 28 heavy (non-hydrogen) atoms. The van der Waals surface area contributed by atoms with E-state index >= 15 is 0 Å². The van der Waals surface area contributed by atoms with E-state index in [2.05, 4.69) is 23.8 Å². The second-order valence-electron chi connectivity index (χ2n) is 4.84. The first kappa shape index (κ1) is 25.2. The Bertz CT molecular complexity index is 705. The van der Waals surface area contributed by atoms with Crippen LogP contribution in [0.3, 0.4) is 0 Å². The summed E-state index contributed by atoms with van der Waals surface area (Å²) >= 11 is 11.8. The molecule has 5 heteroatoms. The number of rotatable bonds is 4. The number of carbonyl (C=O) groups excluding carboxylic acids is 1. The summed E-state index contributed by atoms with van der Waals surface area (Å²) in [5.74, 6) is 0. The minimum Gasteiger partial charge on any atom is -0.356 e. The SMILES string of the molecule is C=C.C=O.CC.Clc1ccc(Nc2ccc(Nc3ccc(Cl)cc3)cc2)cc1. The Hall–Kier alpha value is -2.75. The van der Waals surface area contributed by atoms with E-state index in [-0.39, 0.29) is 0 Å². The van der Waals surface area contributed by atoms with Gasteiger partial charge in [0.25, 0.3) is 0 Å². The number of halogens is 2. The fourth-order valence-electron chi connectivity index (χ4n) is 2.04.